The highest BCUT2D eigenvalue weighted by atomic mass is 35.5. The van der Waals surface area contributed by atoms with Crippen molar-refractivity contribution in [3.63, 3.8) is 0 Å². The Balaban J connectivity index is 1.49. The van der Waals surface area contributed by atoms with Gasteiger partial charge in [0.25, 0.3) is 11.8 Å². The number of urea groups is 1. The number of carbonyl (C=O) groups is 4. The molecule has 4 rings (SSSR count). The van der Waals surface area contributed by atoms with Gasteiger partial charge in [0.1, 0.15) is 6.04 Å². The second-order valence-corrected chi connectivity index (χ2v) is 12.6. The summed E-state index contributed by atoms with van der Waals surface area (Å²) in [4.78, 5) is 59.7. The molecular weight excluding hydrogens is 641 g/mol. The quantitative estimate of drug-likeness (QED) is 0.161. The monoisotopic (exact) mass is 681 g/mol. The van der Waals surface area contributed by atoms with E-state index in [2.05, 4.69) is 22.5 Å². The summed E-state index contributed by atoms with van der Waals surface area (Å²) < 4.78 is 0. The molecule has 3 N–H and O–H groups in total. The minimum absolute atomic E-state index is 0.00882. The molecule has 0 saturated heterocycles. The van der Waals surface area contributed by atoms with E-state index in [1.54, 1.807) is 53.4 Å². The Labute approximate surface area is 285 Å². The van der Waals surface area contributed by atoms with Gasteiger partial charge in [0.15, 0.2) is 0 Å². The van der Waals surface area contributed by atoms with E-state index in [-0.39, 0.29) is 34.0 Å². The molecule has 1 fully saturated rings. The Morgan fingerprint density at radius 3 is 2.26 bits per heavy atom. The number of pyridine rings is 1. The number of hydrogen-bond donors (Lipinski definition) is 3. The third-order valence-electron chi connectivity index (χ3n) is 8.43. The van der Waals surface area contributed by atoms with Crippen LogP contribution in [0.3, 0.4) is 0 Å². The smallest absolute Gasteiger partial charge is 0.326 e. The molecule has 0 aliphatic heterocycles. The Hall–Kier alpha value is -4.15. The number of carboxylic acid groups (broad SMARTS) is 1. The van der Waals surface area contributed by atoms with Crippen LogP contribution in [0.25, 0.3) is 0 Å². The number of hydrogen-bond acceptors (Lipinski definition) is 5. The number of benzene rings is 2. The molecule has 250 valence electrons. The van der Waals surface area contributed by atoms with Gasteiger partial charge in [-0.3, -0.25) is 19.5 Å². The zero-order valence-electron chi connectivity index (χ0n) is 26.7. The number of carbonyl (C=O) groups excluding carboxylic acids is 3. The van der Waals surface area contributed by atoms with Crippen LogP contribution in [0.2, 0.25) is 10.0 Å². The largest absolute Gasteiger partial charge is 0.480 e. The van der Waals surface area contributed by atoms with Gasteiger partial charge in [-0.05, 0) is 49.1 Å². The van der Waals surface area contributed by atoms with Gasteiger partial charge < -0.3 is 20.6 Å². The number of para-hydroxylation sites is 1. The van der Waals surface area contributed by atoms with Gasteiger partial charge in [-0.15, -0.1) is 0 Å². The average Bonchev–Trinajstić information content (AvgIpc) is 3.07. The van der Waals surface area contributed by atoms with E-state index in [4.69, 9.17) is 23.2 Å². The summed E-state index contributed by atoms with van der Waals surface area (Å²) in [5.41, 5.74) is 2.02. The first kappa shape index (κ1) is 35.7. The standard InChI is InChI=1S/C35H41Cl2N5O5/c1-3-4-10-19-42(30-14-9-8-13-26(30)33(44)41(2)25-11-6-5-7-12-25)35(47)40-29(34(45)46)20-23-15-17-24(18-16-23)39-32(43)31-27(36)21-38-22-28(31)37/h8-9,13-18,21-22,25,29H,3-7,10-12,19-20H2,1-2H3,(H,39,43)(H,40,47)(H,45,46)/t29-/m0/s1. The topological polar surface area (TPSA) is 132 Å². The molecular formula is C35H41Cl2N5O5. The zero-order chi connectivity index (χ0) is 33.9. The zero-order valence-corrected chi connectivity index (χ0v) is 28.2. The summed E-state index contributed by atoms with van der Waals surface area (Å²) in [7, 11) is 1.82. The third kappa shape index (κ3) is 9.45. The first-order valence-corrected chi connectivity index (χ1v) is 16.7. The van der Waals surface area contributed by atoms with E-state index in [9.17, 15) is 24.3 Å². The summed E-state index contributed by atoms with van der Waals surface area (Å²) in [6.45, 7) is 2.38. The normalized spacial score (nSPS) is 13.8. The SMILES string of the molecule is CCCCCN(C(=O)N[C@@H](Cc1ccc(NC(=O)c2c(Cl)cncc2Cl)cc1)C(=O)O)c1ccccc1C(=O)N(C)C1CCCCC1. The molecule has 47 heavy (non-hydrogen) atoms. The summed E-state index contributed by atoms with van der Waals surface area (Å²) in [6.07, 6.45) is 10.4. The molecule has 3 aromatic rings. The number of halogens is 2. The highest BCUT2D eigenvalue weighted by Crippen LogP contribution is 2.28. The van der Waals surface area contributed by atoms with E-state index in [0.717, 1.165) is 38.5 Å². The van der Waals surface area contributed by atoms with Gasteiger partial charge in [-0.2, -0.15) is 0 Å². The number of aromatic nitrogens is 1. The van der Waals surface area contributed by atoms with Crippen molar-refractivity contribution in [3.05, 3.63) is 87.7 Å². The molecule has 0 bridgehead atoms. The van der Waals surface area contributed by atoms with Crippen LogP contribution in [-0.4, -0.2) is 64.5 Å². The van der Waals surface area contributed by atoms with Crippen LogP contribution in [0, 0.1) is 0 Å². The number of unbranched alkanes of at least 4 members (excludes halogenated alkanes) is 2. The number of carboxylic acids is 1. The second kappa shape index (κ2) is 17.1. The van der Waals surface area contributed by atoms with E-state index >= 15 is 0 Å². The van der Waals surface area contributed by atoms with Crippen LogP contribution < -0.4 is 15.5 Å². The number of aliphatic carboxylic acids is 1. The van der Waals surface area contributed by atoms with Crippen LogP contribution in [0.15, 0.2) is 60.9 Å². The van der Waals surface area contributed by atoms with Crippen molar-refractivity contribution in [2.45, 2.75) is 76.8 Å². The number of nitrogens with zero attached hydrogens (tertiary/aromatic N) is 3. The number of anilines is 2. The summed E-state index contributed by atoms with van der Waals surface area (Å²) in [6, 6.07) is 11.9. The minimum atomic E-state index is -1.25. The molecule has 1 saturated carbocycles. The van der Waals surface area contributed by atoms with E-state index in [1.165, 1.54) is 23.7 Å². The summed E-state index contributed by atoms with van der Waals surface area (Å²) >= 11 is 12.2. The van der Waals surface area contributed by atoms with Crippen molar-refractivity contribution in [1.29, 1.82) is 0 Å². The number of amides is 4. The second-order valence-electron chi connectivity index (χ2n) is 11.8. The van der Waals surface area contributed by atoms with Gasteiger partial charge in [0, 0.05) is 44.1 Å². The first-order valence-electron chi connectivity index (χ1n) is 16.0. The molecule has 2 aromatic carbocycles. The van der Waals surface area contributed by atoms with E-state index in [0.29, 0.717) is 35.5 Å². The van der Waals surface area contributed by atoms with Crippen molar-refractivity contribution in [2.75, 3.05) is 23.8 Å². The van der Waals surface area contributed by atoms with Crippen molar-refractivity contribution >= 4 is 58.4 Å². The van der Waals surface area contributed by atoms with Gasteiger partial charge in [-0.1, -0.05) is 86.5 Å². The summed E-state index contributed by atoms with van der Waals surface area (Å²) in [5.74, 6) is -1.87. The van der Waals surface area contributed by atoms with Gasteiger partial charge >= 0.3 is 12.0 Å². The average molecular weight is 683 g/mol. The predicted octanol–water partition coefficient (Wildman–Crippen LogP) is 7.45. The molecule has 12 heteroatoms. The van der Waals surface area contributed by atoms with Crippen LogP contribution in [0.1, 0.15) is 84.6 Å². The van der Waals surface area contributed by atoms with Crippen LogP contribution >= 0.6 is 23.2 Å². The maximum Gasteiger partial charge on any atom is 0.326 e. The van der Waals surface area contributed by atoms with Crippen molar-refractivity contribution in [2.24, 2.45) is 0 Å². The first-order chi connectivity index (χ1) is 22.6. The lowest BCUT2D eigenvalue weighted by atomic mass is 9.94. The number of rotatable bonds is 13. The maximum atomic E-state index is 13.8. The summed E-state index contributed by atoms with van der Waals surface area (Å²) in [5, 5.41) is 15.7. The molecule has 0 unspecified atom stereocenters. The maximum absolute atomic E-state index is 13.8. The Morgan fingerprint density at radius 2 is 1.62 bits per heavy atom. The molecule has 0 radical (unpaired) electrons. The van der Waals surface area contributed by atoms with Crippen LogP contribution in [0.4, 0.5) is 16.2 Å². The van der Waals surface area contributed by atoms with E-state index < -0.39 is 23.9 Å². The molecule has 1 aliphatic rings. The molecule has 1 atom stereocenters. The molecule has 10 nitrogen and oxygen atoms in total. The Bertz CT molecular complexity index is 1540. The Kier molecular flexibility index (Phi) is 13.0. The highest BCUT2D eigenvalue weighted by Gasteiger charge is 2.29. The molecule has 1 heterocycles. The van der Waals surface area contributed by atoms with Crippen LogP contribution in [0.5, 0.6) is 0 Å². The fraction of sp³-hybridized carbons (Fsp3) is 0.400. The van der Waals surface area contributed by atoms with Gasteiger partial charge in [0.05, 0.1) is 26.9 Å². The molecule has 1 aromatic heterocycles. The fourth-order valence-electron chi connectivity index (χ4n) is 5.77. The highest BCUT2D eigenvalue weighted by molar-refractivity contribution is 6.40. The van der Waals surface area contributed by atoms with Gasteiger partial charge in [-0.25, -0.2) is 9.59 Å². The van der Waals surface area contributed by atoms with Crippen molar-refractivity contribution < 1.29 is 24.3 Å². The lowest BCUT2D eigenvalue weighted by molar-refractivity contribution is -0.139. The fourth-order valence-corrected chi connectivity index (χ4v) is 6.31. The van der Waals surface area contributed by atoms with Crippen molar-refractivity contribution in [1.82, 2.24) is 15.2 Å². The molecule has 0 spiro atoms. The lowest BCUT2D eigenvalue weighted by Crippen LogP contribution is -2.50. The van der Waals surface area contributed by atoms with Crippen LogP contribution in [-0.2, 0) is 11.2 Å². The minimum Gasteiger partial charge on any atom is -0.480 e. The number of nitrogens with one attached hydrogen (secondary N) is 2. The Morgan fingerprint density at radius 1 is 0.957 bits per heavy atom. The predicted molar refractivity (Wildman–Crippen MR) is 185 cm³/mol. The lowest BCUT2D eigenvalue weighted by Gasteiger charge is -2.33. The van der Waals surface area contributed by atoms with E-state index in [1.807, 2.05) is 7.05 Å². The van der Waals surface area contributed by atoms with Gasteiger partial charge in [0.2, 0.25) is 0 Å². The third-order valence-corrected chi connectivity index (χ3v) is 9.00. The molecule has 4 amide bonds. The van der Waals surface area contributed by atoms with Crippen molar-refractivity contribution in [3.8, 4) is 0 Å². The molecule has 1 aliphatic carbocycles.